The molecule has 6 heteroatoms. The van der Waals surface area contributed by atoms with Crippen LogP contribution in [0.2, 0.25) is 0 Å². The van der Waals surface area contributed by atoms with Crippen LogP contribution in [-0.4, -0.2) is 49.5 Å². The van der Waals surface area contributed by atoms with E-state index in [-0.39, 0.29) is 0 Å². The van der Waals surface area contributed by atoms with Gasteiger partial charge in [0.1, 0.15) is 0 Å². The third kappa shape index (κ3) is 2.42. The molecule has 0 aromatic carbocycles. The largest absolute Gasteiger partial charge is 0.378 e. The maximum Gasteiger partial charge on any atom is 0.266 e. The van der Waals surface area contributed by atoms with E-state index in [1.807, 2.05) is 0 Å². The molecule has 1 aromatic heterocycles. The van der Waals surface area contributed by atoms with Crippen molar-refractivity contribution >= 4 is 5.95 Å². The van der Waals surface area contributed by atoms with Crippen molar-refractivity contribution in [1.29, 1.82) is 0 Å². The summed E-state index contributed by atoms with van der Waals surface area (Å²) in [5.41, 5.74) is 0. The van der Waals surface area contributed by atoms with Gasteiger partial charge in [-0.2, -0.15) is 4.98 Å². The number of nitrogens with zero attached hydrogens (tertiary/aromatic N) is 3. The SMILES string of the molecule is C1CC(c2nc(N3CCOCC3)no2)CCN1. The Hall–Kier alpha value is -1.14. The number of aromatic nitrogens is 2. The Morgan fingerprint density at radius 3 is 2.71 bits per heavy atom. The van der Waals surface area contributed by atoms with Gasteiger partial charge in [0.05, 0.1) is 13.2 Å². The standard InChI is InChI=1S/C11H18N4O2/c1-3-12-4-2-9(1)10-13-11(14-17-10)15-5-7-16-8-6-15/h9,12H,1-8H2. The number of nitrogens with one attached hydrogen (secondary N) is 1. The quantitative estimate of drug-likeness (QED) is 0.803. The summed E-state index contributed by atoms with van der Waals surface area (Å²) in [5.74, 6) is 1.95. The lowest BCUT2D eigenvalue weighted by Gasteiger charge is -2.24. The molecule has 2 aliphatic heterocycles. The van der Waals surface area contributed by atoms with E-state index in [9.17, 15) is 0 Å². The molecule has 0 spiro atoms. The van der Waals surface area contributed by atoms with Gasteiger partial charge in [-0.15, -0.1) is 0 Å². The zero-order valence-electron chi connectivity index (χ0n) is 9.89. The molecule has 0 saturated carbocycles. The second kappa shape index (κ2) is 5.01. The van der Waals surface area contributed by atoms with Crippen LogP contribution in [0, 0.1) is 0 Å². The minimum atomic E-state index is 0.429. The van der Waals surface area contributed by atoms with Crippen LogP contribution in [0.25, 0.3) is 0 Å². The van der Waals surface area contributed by atoms with Crippen LogP contribution in [0.3, 0.4) is 0 Å². The van der Waals surface area contributed by atoms with Gasteiger partial charge in [0, 0.05) is 19.0 Å². The molecule has 0 unspecified atom stereocenters. The van der Waals surface area contributed by atoms with Crippen molar-refractivity contribution in [1.82, 2.24) is 15.5 Å². The Labute approximate surface area is 100 Å². The van der Waals surface area contributed by atoms with E-state index in [1.54, 1.807) is 0 Å². The lowest BCUT2D eigenvalue weighted by molar-refractivity contribution is 0.121. The van der Waals surface area contributed by atoms with Gasteiger partial charge in [0.2, 0.25) is 5.89 Å². The Morgan fingerprint density at radius 1 is 1.18 bits per heavy atom. The number of morpholine rings is 1. The van der Waals surface area contributed by atoms with Gasteiger partial charge in [-0.05, 0) is 31.1 Å². The molecular weight excluding hydrogens is 220 g/mol. The van der Waals surface area contributed by atoms with E-state index in [2.05, 4.69) is 20.4 Å². The minimum absolute atomic E-state index is 0.429. The summed E-state index contributed by atoms with van der Waals surface area (Å²) in [4.78, 5) is 6.65. The number of rotatable bonds is 2. The van der Waals surface area contributed by atoms with E-state index < -0.39 is 0 Å². The van der Waals surface area contributed by atoms with Crippen LogP contribution >= 0.6 is 0 Å². The van der Waals surface area contributed by atoms with E-state index in [0.717, 1.165) is 64.1 Å². The van der Waals surface area contributed by atoms with Gasteiger partial charge in [-0.25, -0.2) is 0 Å². The van der Waals surface area contributed by atoms with Gasteiger partial charge in [-0.1, -0.05) is 0 Å². The monoisotopic (exact) mass is 238 g/mol. The summed E-state index contributed by atoms with van der Waals surface area (Å²) in [6.07, 6.45) is 2.18. The van der Waals surface area contributed by atoms with Crippen molar-refractivity contribution in [2.24, 2.45) is 0 Å². The number of hydrogen-bond donors (Lipinski definition) is 1. The van der Waals surface area contributed by atoms with Crippen molar-refractivity contribution in [3.05, 3.63) is 5.89 Å². The first-order valence-corrected chi connectivity index (χ1v) is 6.30. The number of piperidine rings is 1. The topological polar surface area (TPSA) is 63.4 Å². The summed E-state index contributed by atoms with van der Waals surface area (Å²) in [6.45, 7) is 5.28. The average Bonchev–Trinajstić information content (AvgIpc) is 2.90. The second-order valence-electron chi connectivity index (χ2n) is 4.56. The van der Waals surface area contributed by atoms with Crippen LogP contribution in [0.4, 0.5) is 5.95 Å². The summed E-state index contributed by atoms with van der Waals surface area (Å²) < 4.78 is 10.7. The minimum Gasteiger partial charge on any atom is -0.378 e. The first-order chi connectivity index (χ1) is 8.43. The molecule has 0 aliphatic carbocycles. The molecule has 3 heterocycles. The maximum absolute atomic E-state index is 5.39. The summed E-state index contributed by atoms with van der Waals surface area (Å²) in [7, 11) is 0. The third-order valence-electron chi connectivity index (χ3n) is 3.41. The van der Waals surface area contributed by atoms with Gasteiger partial charge < -0.3 is 19.5 Å². The Kier molecular flexibility index (Phi) is 3.24. The van der Waals surface area contributed by atoms with E-state index in [0.29, 0.717) is 5.92 Å². The lowest BCUT2D eigenvalue weighted by atomic mass is 9.98. The summed E-state index contributed by atoms with van der Waals surface area (Å²) >= 11 is 0. The first kappa shape index (κ1) is 11.0. The van der Waals surface area contributed by atoms with E-state index in [4.69, 9.17) is 9.26 Å². The molecule has 3 rings (SSSR count). The molecule has 2 aliphatic rings. The molecule has 0 amide bonds. The highest BCUT2D eigenvalue weighted by Crippen LogP contribution is 2.25. The number of hydrogen-bond acceptors (Lipinski definition) is 6. The zero-order chi connectivity index (χ0) is 11.5. The highest BCUT2D eigenvalue weighted by Gasteiger charge is 2.23. The van der Waals surface area contributed by atoms with E-state index in [1.165, 1.54) is 0 Å². The molecule has 1 aromatic rings. The predicted molar refractivity (Wildman–Crippen MR) is 62.2 cm³/mol. The normalized spacial score (nSPS) is 22.9. The van der Waals surface area contributed by atoms with Gasteiger partial charge in [-0.3, -0.25) is 0 Å². The molecule has 1 N–H and O–H groups in total. The number of ether oxygens (including phenoxy) is 1. The van der Waals surface area contributed by atoms with Crippen molar-refractivity contribution in [3.8, 4) is 0 Å². The van der Waals surface area contributed by atoms with Crippen LogP contribution in [-0.2, 0) is 4.74 Å². The molecule has 0 atom stereocenters. The maximum atomic E-state index is 5.39. The molecule has 2 saturated heterocycles. The molecule has 94 valence electrons. The molecule has 2 fully saturated rings. The first-order valence-electron chi connectivity index (χ1n) is 6.30. The fraction of sp³-hybridized carbons (Fsp3) is 0.818. The molecule has 0 bridgehead atoms. The van der Waals surface area contributed by atoms with Crippen LogP contribution < -0.4 is 10.2 Å². The third-order valence-corrected chi connectivity index (χ3v) is 3.41. The average molecular weight is 238 g/mol. The van der Waals surface area contributed by atoms with Crippen molar-refractivity contribution in [3.63, 3.8) is 0 Å². The Balaban J connectivity index is 1.68. The lowest BCUT2D eigenvalue weighted by Crippen LogP contribution is -2.36. The molecular formula is C11H18N4O2. The second-order valence-corrected chi connectivity index (χ2v) is 4.56. The number of anilines is 1. The zero-order valence-corrected chi connectivity index (χ0v) is 9.89. The highest BCUT2D eigenvalue weighted by molar-refractivity contribution is 5.28. The van der Waals surface area contributed by atoms with Crippen LogP contribution in [0.15, 0.2) is 4.52 Å². The Bertz CT molecular complexity index is 324. The van der Waals surface area contributed by atoms with Crippen molar-refractivity contribution in [2.45, 2.75) is 18.8 Å². The molecule has 6 nitrogen and oxygen atoms in total. The fourth-order valence-electron chi connectivity index (χ4n) is 2.35. The van der Waals surface area contributed by atoms with Gasteiger partial charge >= 0.3 is 0 Å². The van der Waals surface area contributed by atoms with Crippen LogP contribution in [0.1, 0.15) is 24.7 Å². The van der Waals surface area contributed by atoms with Gasteiger partial charge in [0.25, 0.3) is 5.95 Å². The Morgan fingerprint density at radius 2 is 1.94 bits per heavy atom. The summed E-state index contributed by atoms with van der Waals surface area (Å²) in [5, 5.41) is 7.42. The van der Waals surface area contributed by atoms with E-state index >= 15 is 0 Å². The summed E-state index contributed by atoms with van der Waals surface area (Å²) in [6, 6.07) is 0. The van der Waals surface area contributed by atoms with Crippen molar-refractivity contribution < 1.29 is 9.26 Å². The molecule has 0 radical (unpaired) electrons. The highest BCUT2D eigenvalue weighted by atomic mass is 16.5. The van der Waals surface area contributed by atoms with Crippen LogP contribution in [0.5, 0.6) is 0 Å². The molecule has 17 heavy (non-hydrogen) atoms. The fourth-order valence-corrected chi connectivity index (χ4v) is 2.35. The smallest absolute Gasteiger partial charge is 0.266 e. The predicted octanol–water partition coefficient (Wildman–Crippen LogP) is 0.373. The van der Waals surface area contributed by atoms with Crippen molar-refractivity contribution in [2.75, 3.05) is 44.3 Å². The van der Waals surface area contributed by atoms with Gasteiger partial charge in [0.15, 0.2) is 0 Å².